The maximum absolute atomic E-state index is 12.0. The van der Waals surface area contributed by atoms with E-state index in [0.717, 1.165) is 5.56 Å². The second kappa shape index (κ2) is 7.98. The maximum atomic E-state index is 12.0. The van der Waals surface area contributed by atoms with Crippen molar-refractivity contribution < 1.29 is 31.7 Å². The fourth-order valence-corrected chi connectivity index (χ4v) is 3.37. The second-order valence-corrected chi connectivity index (χ2v) is 7.29. The first-order valence-corrected chi connectivity index (χ1v) is 9.09. The Kier molecular flexibility index (Phi) is 6.20. The van der Waals surface area contributed by atoms with Crippen LogP contribution in [0.3, 0.4) is 0 Å². The quantitative estimate of drug-likeness (QED) is 0.274. The molecule has 1 unspecified atom stereocenters. The minimum absolute atomic E-state index is 0.0560. The molecular weight excluding hydrogens is 349 g/mol. The van der Waals surface area contributed by atoms with Crippen LogP contribution in [-0.4, -0.2) is 65.6 Å². The molecule has 1 amide bonds. The van der Waals surface area contributed by atoms with E-state index in [1.54, 1.807) is 12.1 Å². The lowest BCUT2D eigenvalue weighted by atomic mass is 10.2. The number of hydrogen-bond acceptors (Lipinski definition) is 7. The summed E-state index contributed by atoms with van der Waals surface area (Å²) in [6, 6.07) is 5.57. The first-order chi connectivity index (χ1) is 11.8. The van der Waals surface area contributed by atoms with Gasteiger partial charge in [-0.3, -0.25) is 8.98 Å². The van der Waals surface area contributed by atoms with Gasteiger partial charge in [0, 0.05) is 6.42 Å². The average molecular weight is 369 g/mol. The molecule has 0 saturated carbocycles. The topological polar surface area (TPSA) is 99.2 Å². The Balaban J connectivity index is 1.84. The van der Waals surface area contributed by atoms with Gasteiger partial charge in [0.2, 0.25) is 13.9 Å². The van der Waals surface area contributed by atoms with Gasteiger partial charge in [0.1, 0.15) is 12.1 Å². The molecule has 0 N–H and O–H groups in total. The number of carbonyl (C=O) groups excluding carboxylic acids is 2. The van der Waals surface area contributed by atoms with Crippen LogP contribution in [0, 0.1) is 6.92 Å². The van der Waals surface area contributed by atoms with Crippen molar-refractivity contribution in [3.05, 3.63) is 29.8 Å². The number of rotatable bonds is 7. The maximum Gasteiger partial charge on any atom is 0.327 e. The van der Waals surface area contributed by atoms with E-state index in [2.05, 4.69) is 4.74 Å². The molecule has 2 rings (SSSR count). The van der Waals surface area contributed by atoms with Crippen LogP contribution in [0.4, 0.5) is 0 Å². The monoisotopic (exact) mass is 369 g/mol. The van der Waals surface area contributed by atoms with Crippen LogP contribution in [0.1, 0.15) is 12.0 Å². The predicted octanol–water partition coefficient (Wildman–Crippen LogP) is -0.592. The lowest BCUT2D eigenvalue weighted by Gasteiger charge is -2.16. The Bertz CT molecular complexity index is 735. The van der Waals surface area contributed by atoms with Crippen molar-refractivity contribution in [1.29, 1.82) is 0 Å². The molecule has 1 aliphatic heterocycles. The molecule has 1 saturated heterocycles. The molecule has 10 heteroatoms. The number of hydrogen-bond donors (Lipinski definition) is 0. The molecule has 0 radical (unpaired) electrons. The van der Waals surface area contributed by atoms with E-state index in [0.29, 0.717) is 0 Å². The fraction of sp³-hybridized carbons (Fsp3) is 0.467. The molecule has 0 aliphatic carbocycles. The van der Waals surface area contributed by atoms with Crippen molar-refractivity contribution in [2.45, 2.75) is 30.4 Å². The molecule has 25 heavy (non-hydrogen) atoms. The number of carbonyl (C=O) groups is 2. The molecule has 136 valence electrons. The number of amides is 1. The predicted molar refractivity (Wildman–Crippen MR) is 89.9 cm³/mol. The summed E-state index contributed by atoms with van der Waals surface area (Å²) < 4.78 is 39.0. The third kappa shape index (κ3) is 4.59. The summed E-state index contributed by atoms with van der Waals surface area (Å²) in [5.74, 6) is -0.864. The molecule has 1 aliphatic rings. The Hall–Kier alpha value is -1.91. The first-order valence-electron chi connectivity index (χ1n) is 7.68. The third-order valence-electron chi connectivity index (χ3n) is 3.95. The molecule has 2 atom stereocenters. The largest absolute Gasteiger partial charge is 0.468 e. The normalized spacial score (nSPS) is 20.7. The molecule has 0 bridgehead atoms. The van der Waals surface area contributed by atoms with Gasteiger partial charge in [0.15, 0.2) is 0 Å². The van der Waals surface area contributed by atoms with Crippen molar-refractivity contribution in [1.82, 2.24) is 4.81 Å². The molecule has 1 aromatic carbocycles. The molecule has 0 spiro atoms. The summed E-state index contributed by atoms with van der Waals surface area (Å²) in [5.41, 5.74) is 0.936. The molecule has 1 heterocycles. The SMILES string of the molecule is BN1C(=O)[C@@H](OCCOS(=O)(=O)c2ccc(C)cc2)CC1C(=O)OC. The van der Waals surface area contributed by atoms with E-state index in [9.17, 15) is 18.0 Å². The molecule has 1 aromatic rings. The summed E-state index contributed by atoms with van der Waals surface area (Å²) in [6.45, 7) is 1.53. The number of ether oxygens (including phenoxy) is 2. The Morgan fingerprint density at radius 1 is 1.28 bits per heavy atom. The second-order valence-electron chi connectivity index (χ2n) is 5.67. The van der Waals surface area contributed by atoms with Gasteiger partial charge in [0.05, 0.1) is 25.2 Å². The van der Waals surface area contributed by atoms with E-state index in [4.69, 9.17) is 8.92 Å². The number of nitrogens with zero attached hydrogens (tertiary/aromatic N) is 1. The number of benzene rings is 1. The van der Waals surface area contributed by atoms with Crippen molar-refractivity contribution >= 4 is 30.0 Å². The van der Waals surface area contributed by atoms with Crippen LogP contribution in [0.15, 0.2) is 29.2 Å². The minimum Gasteiger partial charge on any atom is -0.468 e. The van der Waals surface area contributed by atoms with E-state index in [1.807, 2.05) is 6.92 Å². The minimum atomic E-state index is -3.87. The summed E-state index contributed by atoms with van der Waals surface area (Å²) in [7, 11) is -1.13. The van der Waals surface area contributed by atoms with Crippen molar-refractivity contribution in [3.8, 4) is 0 Å². The number of esters is 1. The smallest absolute Gasteiger partial charge is 0.327 e. The number of aryl methyl sites for hydroxylation is 1. The van der Waals surface area contributed by atoms with Crippen LogP contribution >= 0.6 is 0 Å². The van der Waals surface area contributed by atoms with Gasteiger partial charge in [-0.25, -0.2) is 4.79 Å². The highest BCUT2D eigenvalue weighted by Crippen LogP contribution is 2.21. The highest BCUT2D eigenvalue weighted by molar-refractivity contribution is 7.86. The molecule has 8 nitrogen and oxygen atoms in total. The highest BCUT2D eigenvalue weighted by Gasteiger charge is 2.41. The highest BCUT2D eigenvalue weighted by atomic mass is 32.2. The van der Waals surface area contributed by atoms with Crippen LogP contribution < -0.4 is 0 Å². The van der Waals surface area contributed by atoms with Crippen molar-refractivity contribution in [3.63, 3.8) is 0 Å². The lowest BCUT2D eigenvalue weighted by molar-refractivity contribution is -0.146. The Morgan fingerprint density at radius 3 is 2.52 bits per heavy atom. The van der Waals surface area contributed by atoms with Crippen LogP contribution in [-0.2, 0) is 33.4 Å². The summed E-state index contributed by atoms with van der Waals surface area (Å²) in [5, 5.41) is 0. The van der Waals surface area contributed by atoms with E-state index in [-0.39, 0.29) is 30.4 Å². The van der Waals surface area contributed by atoms with Crippen molar-refractivity contribution in [2.24, 2.45) is 0 Å². The van der Waals surface area contributed by atoms with Gasteiger partial charge in [-0.15, -0.1) is 0 Å². The Morgan fingerprint density at radius 2 is 1.92 bits per heavy atom. The zero-order valence-electron chi connectivity index (χ0n) is 14.3. The molecule has 1 fully saturated rings. The van der Waals surface area contributed by atoms with Gasteiger partial charge >= 0.3 is 5.97 Å². The standard InChI is InChI=1S/C15H20BNO7S/c1-10-3-5-11(6-4-10)25(20,21)24-8-7-23-13-9-12(15(19)22-2)17(16)14(13)18/h3-6,12-13H,7-9,16H2,1-2H3/t12?,13-/m0/s1. The Labute approximate surface area is 147 Å². The average Bonchev–Trinajstić information content (AvgIpc) is 2.87. The van der Waals surface area contributed by atoms with Gasteiger partial charge < -0.3 is 14.3 Å². The van der Waals surface area contributed by atoms with Crippen molar-refractivity contribution in [2.75, 3.05) is 20.3 Å². The summed E-state index contributed by atoms with van der Waals surface area (Å²) in [4.78, 5) is 24.9. The van der Waals surface area contributed by atoms with Gasteiger partial charge in [-0.05, 0) is 19.1 Å². The van der Waals surface area contributed by atoms with E-state index >= 15 is 0 Å². The zero-order chi connectivity index (χ0) is 18.6. The summed E-state index contributed by atoms with van der Waals surface area (Å²) in [6.07, 6.45) is -0.660. The number of methoxy groups -OCH3 is 1. The van der Waals surface area contributed by atoms with Gasteiger partial charge in [0.25, 0.3) is 10.1 Å². The lowest BCUT2D eigenvalue weighted by Crippen LogP contribution is -2.37. The third-order valence-corrected chi connectivity index (χ3v) is 5.28. The zero-order valence-corrected chi connectivity index (χ0v) is 15.1. The fourth-order valence-electron chi connectivity index (χ4n) is 2.48. The summed E-state index contributed by atoms with van der Waals surface area (Å²) >= 11 is 0. The van der Waals surface area contributed by atoms with E-state index in [1.165, 1.54) is 32.0 Å². The molecular formula is C15H20BNO7S. The first kappa shape index (κ1) is 19.4. The van der Waals surface area contributed by atoms with E-state index < -0.39 is 28.2 Å². The molecule has 0 aromatic heterocycles. The van der Waals surface area contributed by atoms with Crippen LogP contribution in [0.25, 0.3) is 0 Å². The van der Waals surface area contributed by atoms with Gasteiger partial charge in [-0.2, -0.15) is 8.42 Å². The van der Waals surface area contributed by atoms with Crippen LogP contribution in [0.2, 0.25) is 0 Å². The van der Waals surface area contributed by atoms with Gasteiger partial charge in [-0.1, -0.05) is 17.7 Å². The van der Waals surface area contributed by atoms with Crippen LogP contribution in [0.5, 0.6) is 0 Å².